The molecule has 1 rings (SSSR count). The summed E-state index contributed by atoms with van der Waals surface area (Å²) in [6, 6.07) is 7.73. The molecule has 100 valence electrons. The molecule has 18 heavy (non-hydrogen) atoms. The van der Waals surface area contributed by atoms with Crippen LogP contribution < -0.4 is 10.1 Å². The fourth-order valence-corrected chi connectivity index (χ4v) is 1.68. The lowest BCUT2D eigenvalue weighted by Crippen LogP contribution is -2.36. The van der Waals surface area contributed by atoms with Crippen LogP contribution in [0.5, 0.6) is 5.75 Å². The van der Waals surface area contributed by atoms with Gasteiger partial charge in [0.25, 0.3) is 5.91 Å². The Kier molecular flexibility index (Phi) is 6.26. The monoisotopic (exact) mass is 249 g/mol. The van der Waals surface area contributed by atoms with E-state index in [9.17, 15) is 4.79 Å². The Morgan fingerprint density at radius 2 is 2.17 bits per heavy atom. The predicted octanol–water partition coefficient (Wildman–Crippen LogP) is 3.07. The molecular formula is C15H23NO2. The molecule has 0 spiro atoms. The van der Waals surface area contributed by atoms with Crippen molar-refractivity contribution in [3.8, 4) is 5.75 Å². The van der Waals surface area contributed by atoms with Crippen molar-refractivity contribution in [1.29, 1.82) is 0 Å². The molecule has 0 aliphatic heterocycles. The number of carbonyl (C=O) groups excluding carboxylic acids is 1. The molecule has 1 unspecified atom stereocenters. The standard InChI is InChI=1S/C15H23NO2/c1-4-5-6-10-16-15(17)13(3)18-14-9-7-8-12(2)11-14/h7-9,11,13H,4-6,10H2,1-3H3,(H,16,17). The van der Waals surface area contributed by atoms with E-state index in [-0.39, 0.29) is 5.91 Å². The van der Waals surface area contributed by atoms with Crippen LogP contribution in [0.1, 0.15) is 38.7 Å². The summed E-state index contributed by atoms with van der Waals surface area (Å²) < 4.78 is 5.60. The van der Waals surface area contributed by atoms with Gasteiger partial charge in [0, 0.05) is 6.54 Å². The largest absolute Gasteiger partial charge is 0.481 e. The van der Waals surface area contributed by atoms with Crippen LogP contribution in [0.3, 0.4) is 0 Å². The molecule has 1 aromatic carbocycles. The average molecular weight is 249 g/mol. The molecule has 0 bridgehead atoms. The number of nitrogens with one attached hydrogen (secondary N) is 1. The molecule has 0 heterocycles. The minimum atomic E-state index is -0.451. The first-order valence-electron chi connectivity index (χ1n) is 6.64. The summed E-state index contributed by atoms with van der Waals surface area (Å²) >= 11 is 0. The number of aryl methyl sites for hydroxylation is 1. The molecule has 0 saturated carbocycles. The van der Waals surface area contributed by atoms with Crippen molar-refractivity contribution in [2.75, 3.05) is 6.54 Å². The Labute approximate surface area is 110 Å². The first kappa shape index (κ1) is 14.6. The van der Waals surface area contributed by atoms with Gasteiger partial charge in [-0.1, -0.05) is 31.9 Å². The predicted molar refractivity (Wildman–Crippen MR) is 73.8 cm³/mol. The number of amides is 1. The van der Waals surface area contributed by atoms with Gasteiger partial charge >= 0.3 is 0 Å². The Hall–Kier alpha value is -1.51. The van der Waals surface area contributed by atoms with Crippen molar-refractivity contribution in [2.24, 2.45) is 0 Å². The Morgan fingerprint density at radius 1 is 1.39 bits per heavy atom. The summed E-state index contributed by atoms with van der Waals surface area (Å²) in [5.74, 6) is 0.693. The number of unbranched alkanes of at least 4 members (excludes halogenated alkanes) is 2. The Balaban J connectivity index is 2.35. The first-order chi connectivity index (χ1) is 8.63. The lowest BCUT2D eigenvalue weighted by Gasteiger charge is -2.15. The second kappa shape index (κ2) is 7.75. The van der Waals surface area contributed by atoms with Gasteiger partial charge in [-0.3, -0.25) is 4.79 Å². The van der Waals surface area contributed by atoms with Crippen LogP contribution in [0.15, 0.2) is 24.3 Å². The van der Waals surface area contributed by atoms with E-state index in [1.807, 2.05) is 31.2 Å². The molecule has 1 atom stereocenters. The van der Waals surface area contributed by atoms with Crippen molar-refractivity contribution in [3.05, 3.63) is 29.8 Å². The summed E-state index contributed by atoms with van der Waals surface area (Å²) in [5, 5.41) is 2.89. The number of rotatable bonds is 7. The summed E-state index contributed by atoms with van der Waals surface area (Å²) in [5.41, 5.74) is 1.13. The highest BCUT2D eigenvalue weighted by Crippen LogP contribution is 2.14. The quantitative estimate of drug-likeness (QED) is 0.754. The van der Waals surface area contributed by atoms with Gasteiger partial charge in [-0.05, 0) is 38.0 Å². The van der Waals surface area contributed by atoms with E-state index in [4.69, 9.17) is 4.74 Å². The summed E-state index contributed by atoms with van der Waals surface area (Å²) in [6.07, 6.45) is 2.88. The lowest BCUT2D eigenvalue weighted by atomic mass is 10.2. The molecule has 3 nitrogen and oxygen atoms in total. The van der Waals surface area contributed by atoms with E-state index in [1.165, 1.54) is 0 Å². The van der Waals surface area contributed by atoms with E-state index < -0.39 is 6.10 Å². The molecule has 1 N–H and O–H groups in total. The van der Waals surface area contributed by atoms with Gasteiger partial charge in [0.1, 0.15) is 5.75 Å². The van der Waals surface area contributed by atoms with Crippen molar-refractivity contribution < 1.29 is 9.53 Å². The SMILES string of the molecule is CCCCCNC(=O)C(C)Oc1cccc(C)c1. The molecule has 0 fully saturated rings. The van der Waals surface area contributed by atoms with E-state index in [0.29, 0.717) is 0 Å². The smallest absolute Gasteiger partial charge is 0.260 e. The summed E-state index contributed by atoms with van der Waals surface area (Å²) in [6.45, 7) is 6.65. The minimum absolute atomic E-state index is 0.0485. The maximum absolute atomic E-state index is 11.8. The zero-order chi connectivity index (χ0) is 13.4. The lowest BCUT2D eigenvalue weighted by molar-refractivity contribution is -0.127. The third kappa shape index (κ3) is 5.21. The van der Waals surface area contributed by atoms with Crippen LogP contribution >= 0.6 is 0 Å². The number of benzene rings is 1. The fraction of sp³-hybridized carbons (Fsp3) is 0.533. The van der Waals surface area contributed by atoms with Crippen LogP contribution in [0.2, 0.25) is 0 Å². The van der Waals surface area contributed by atoms with Crippen LogP contribution in [0.25, 0.3) is 0 Å². The third-order valence-corrected chi connectivity index (χ3v) is 2.75. The zero-order valence-corrected chi connectivity index (χ0v) is 11.5. The molecule has 0 radical (unpaired) electrons. The fourth-order valence-electron chi connectivity index (χ4n) is 1.68. The van der Waals surface area contributed by atoms with Crippen LogP contribution in [-0.2, 0) is 4.79 Å². The summed E-state index contributed by atoms with van der Waals surface area (Å²) in [4.78, 5) is 11.8. The van der Waals surface area contributed by atoms with Crippen LogP contribution in [0, 0.1) is 6.92 Å². The molecule has 1 aromatic rings. The van der Waals surface area contributed by atoms with E-state index in [2.05, 4.69) is 12.2 Å². The molecule has 0 aliphatic rings. The molecular weight excluding hydrogens is 226 g/mol. The Bertz CT molecular complexity index is 377. The van der Waals surface area contributed by atoms with Crippen molar-refractivity contribution in [2.45, 2.75) is 46.1 Å². The van der Waals surface area contributed by atoms with E-state index in [1.54, 1.807) is 6.92 Å². The van der Waals surface area contributed by atoms with Gasteiger partial charge in [-0.25, -0.2) is 0 Å². The molecule has 0 aromatic heterocycles. The maximum Gasteiger partial charge on any atom is 0.260 e. The second-order valence-electron chi connectivity index (χ2n) is 4.57. The van der Waals surface area contributed by atoms with Gasteiger partial charge in [-0.2, -0.15) is 0 Å². The zero-order valence-electron chi connectivity index (χ0n) is 11.5. The minimum Gasteiger partial charge on any atom is -0.481 e. The van der Waals surface area contributed by atoms with Crippen molar-refractivity contribution in [1.82, 2.24) is 5.32 Å². The molecule has 0 saturated heterocycles. The second-order valence-corrected chi connectivity index (χ2v) is 4.57. The third-order valence-electron chi connectivity index (χ3n) is 2.75. The number of hydrogen-bond donors (Lipinski definition) is 1. The molecule has 0 aliphatic carbocycles. The van der Waals surface area contributed by atoms with Gasteiger partial charge in [0.05, 0.1) is 0 Å². The van der Waals surface area contributed by atoms with E-state index in [0.717, 1.165) is 37.1 Å². The highest BCUT2D eigenvalue weighted by atomic mass is 16.5. The Morgan fingerprint density at radius 3 is 2.83 bits per heavy atom. The molecule has 3 heteroatoms. The normalized spacial score (nSPS) is 11.9. The van der Waals surface area contributed by atoms with Gasteiger partial charge in [0.15, 0.2) is 6.10 Å². The van der Waals surface area contributed by atoms with Gasteiger partial charge in [0.2, 0.25) is 0 Å². The number of ether oxygens (including phenoxy) is 1. The van der Waals surface area contributed by atoms with Gasteiger partial charge < -0.3 is 10.1 Å². The van der Waals surface area contributed by atoms with Crippen LogP contribution in [-0.4, -0.2) is 18.6 Å². The number of carbonyl (C=O) groups is 1. The topological polar surface area (TPSA) is 38.3 Å². The maximum atomic E-state index is 11.8. The highest BCUT2D eigenvalue weighted by molar-refractivity contribution is 5.80. The van der Waals surface area contributed by atoms with Crippen LogP contribution in [0.4, 0.5) is 0 Å². The van der Waals surface area contributed by atoms with Crippen molar-refractivity contribution >= 4 is 5.91 Å². The summed E-state index contributed by atoms with van der Waals surface area (Å²) in [7, 11) is 0. The van der Waals surface area contributed by atoms with Crippen molar-refractivity contribution in [3.63, 3.8) is 0 Å². The first-order valence-corrected chi connectivity index (χ1v) is 6.64. The molecule has 1 amide bonds. The number of hydrogen-bond acceptors (Lipinski definition) is 2. The van der Waals surface area contributed by atoms with E-state index >= 15 is 0 Å². The average Bonchev–Trinajstić information content (AvgIpc) is 2.34. The highest BCUT2D eigenvalue weighted by Gasteiger charge is 2.13. The van der Waals surface area contributed by atoms with Gasteiger partial charge in [-0.15, -0.1) is 0 Å².